The Bertz CT molecular complexity index is 404. The van der Waals surface area contributed by atoms with Crippen LogP contribution < -0.4 is 0 Å². The van der Waals surface area contributed by atoms with Gasteiger partial charge in [0.15, 0.2) is 6.04 Å². The number of ether oxygens (including phenoxy) is 1. The first kappa shape index (κ1) is 10.6. The summed E-state index contributed by atoms with van der Waals surface area (Å²) in [5, 5.41) is 0.954. The SMILES string of the molecule is C[C@H]1C(=O)OC(=O)N1OCc1ccccc1. The second kappa shape index (κ2) is 4.32. The van der Waals surface area contributed by atoms with Crippen LogP contribution in [0.1, 0.15) is 12.5 Å². The van der Waals surface area contributed by atoms with Crippen LogP contribution in [0.2, 0.25) is 0 Å². The Hall–Kier alpha value is -1.88. The monoisotopic (exact) mass is 221 g/mol. The minimum atomic E-state index is -0.756. The van der Waals surface area contributed by atoms with E-state index in [9.17, 15) is 9.59 Å². The minimum absolute atomic E-state index is 0.230. The number of benzene rings is 1. The van der Waals surface area contributed by atoms with Gasteiger partial charge in [-0.25, -0.2) is 9.59 Å². The maximum atomic E-state index is 11.2. The van der Waals surface area contributed by atoms with E-state index in [0.29, 0.717) is 0 Å². The van der Waals surface area contributed by atoms with Gasteiger partial charge in [-0.15, -0.1) is 0 Å². The molecule has 84 valence electrons. The molecular weight excluding hydrogens is 210 g/mol. The van der Waals surface area contributed by atoms with Crippen molar-refractivity contribution in [1.82, 2.24) is 5.06 Å². The normalized spacial score (nSPS) is 20.1. The molecule has 0 unspecified atom stereocenters. The fourth-order valence-electron chi connectivity index (χ4n) is 1.35. The predicted molar refractivity (Wildman–Crippen MR) is 54.0 cm³/mol. The molecule has 0 spiro atoms. The topological polar surface area (TPSA) is 55.8 Å². The van der Waals surface area contributed by atoms with E-state index >= 15 is 0 Å². The smallest absolute Gasteiger partial charge is 0.373 e. The van der Waals surface area contributed by atoms with E-state index in [0.717, 1.165) is 10.6 Å². The molecule has 1 fully saturated rings. The maximum Gasteiger partial charge on any atom is 0.442 e. The van der Waals surface area contributed by atoms with Gasteiger partial charge in [-0.05, 0) is 12.5 Å². The highest BCUT2D eigenvalue weighted by Crippen LogP contribution is 2.15. The van der Waals surface area contributed by atoms with Crippen LogP contribution in [0.5, 0.6) is 0 Å². The summed E-state index contributed by atoms with van der Waals surface area (Å²) in [4.78, 5) is 27.4. The fraction of sp³-hybridized carbons (Fsp3) is 0.273. The largest absolute Gasteiger partial charge is 0.442 e. The zero-order valence-corrected chi connectivity index (χ0v) is 8.75. The van der Waals surface area contributed by atoms with Crippen LogP contribution in [0.25, 0.3) is 0 Å². The average Bonchev–Trinajstić information content (AvgIpc) is 2.53. The van der Waals surface area contributed by atoms with E-state index in [1.54, 1.807) is 6.92 Å². The third kappa shape index (κ3) is 2.04. The van der Waals surface area contributed by atoms with Crippen molar-refractivity contribution in [3.05, 3.63) is 35.9 Å². The third-order valence-electron chi connectivity index (χ3n) is 2.27. The first-order chi connectivity index (χ1) is 7.68. The van der Waals surface area contributed by atoms with Crippen molar-refractivity contribution < 1.29 is 19.2 Å². The maximum absolute atomic E-state index is 11.2. The number of nitrogens with zero attached hydrogens (tertiary/aromatic N) is 1. The van der Waals surface area contributed by atoms with E-state index in [-0.39, 0.29) is 6.61 Å². The molecule has 0 aliphatic carbocycles. The molecule has 0 bridgehead atoms. The first-order valence-corrected chi connectivity index (χ1v) is 4.90. The van der Waals surface area contributed by atoms with Crippen molar-refractivity contribution in [3.8, 4) is 0 Å². The summed E-state index contributed by atoms with van der Waals surface area (Å²) in [6, 6.07) is 8.68. The summed E-state index contributed by atoms with van der Waals surface area (Å²) in [6.45, 7) is 1.78. The van der Waals surface area contributed by atoms with Crippen LogP contribution in [0.15, 0.2) is 30.3 Å². The number of cyclic esters (lactones) is 2. The van der Waals surface area contributed by atoms with Crippen molar-refractivity contribution in [1.29, 1.82) is 0 Å². The number of rotatable bonds is 3. The lowest BCUT2D eigenvalue weighted by Gasteiger charge is -2.15. The number of amides is 1. The Balaban J connectivity index is 1.96. The van der Waals surface area contributed by atoms with E-state index in [1.807, 2.05) is 30.3 Å². The highest BCUT2D eigenvalue weighted by molar-refractivity contribution is 5.94. The molecular formula is C11H11NO4. The van der Waals surface area contributed by atoms with Crippen molar-refractivity contribution in [2.24, 2.45) is 0 Å². The molecule has 5 heteroatoms. The molecule has 0 radical (unpaired) electrons. The summed E-state index contributed by atoms with van der Waals surface area (Å²) in [5.41, 5.74) is 0.918. The zero-order valence-electron chi connectivity index (χ0n) is 8.75. The number of hydroxylamine groups is 2. The highest BCUT2D eigenvalue weighted by Gasteiger charge is 2.39. The van der Waals surface area contributed by atoms with Gasteiger partial charge in [0.1, 0.15) is 6.61 Å². The molecule has 5 nitrogen and oxygen atoms in total. The molecule has 1 aliphatic rings. The van der Waals surface area contributed by atoms with Crippen LogP contribution in [-0.4, -0.2) is 23.2 Å². The summed E-state index contributed by atoms with van der Waals surface area (Å²) in [6.07, 6.45) is -0.756. The Morgan fingerprint density at radius 1 is 1.31 bits per heavy atom. The molecule has 0 aromatic heterocycles. The molecule has 1 heterocycles. The van der Waals surface area contributed by atoms with E-state index in [1.165, 1.54) is 0 Å². The van der Waals surface area contributed by atoms with Crippen molar-refractivity contribution >= 4 is 12.1 Å². The standard InChI is InChI=1S/C11H11NO4/c1-8-10(13)16-11(14)12(8)15-7-9-5-3-2-4-6-9/h2-6,8H,7H2,1H3/t8-/m0/s1. The summed E-state index contributed by atoms with van der Waals surface area (Å²) < 4.78 is 4.40. The Morgan fingerprint density at radius 2 is 2.00 bits per heavy atom. The minimum Gasteiger partial charge on any atom is -0.373 e. The van der Waals surface area contributed by atoms with Gasteiger partial charge in [0.2, 0.25) is 0 Å². The Kier molecular flexibility index (Phi) is 2.87. The van der Waals surface area contributed by atoms with Crippen LogP contribution in [0.3, 0.4) is 0 Å². The number of esters is 1. The van der Waals surface area contributed by atoms with Gasteiger partial charge in [-0.2, -0.15) is 5.06 Å². The molecule has 0 saturated carbocycles. The summed E-state index contributed by atoms with van der Waals surface area (Å²) in [7, 11) is 0. The second-order valence-corrected chi connectivity index (χ2v) is 3.45. The molecule has 2 rings (SSSR count). The molecule has 1 amide bonds. The zero-order chi connectivity index (χ0) is 11.5. The lowest BCUT2D eigenvalue weighted by molar-refractivity contribution is -0.150. The third-order valence-corrected chi connectivity index (χ3v) is 2.27. The van der Waals surface area contributed by atoms with Gasteiger partial charge < -0.3 is 4.74 Å². The van der Waals surface area contributed by atoms with E-state index < -0.39 is 18.1 Å². The summed E-state index contributed by atoms with van der Waals surface area (Å²) >= 11 is 0. The van der Waals surface area contributed by atoms with Gasteiger partial charge in [0.05, 0.1) is 0 Å². The summed E-state index contributed by atoms with van der Waals surface area (Å²) in [5.74, 6) is -0.585. The molecule has 0 N–H and O–H groups in total. The van der Waals surface area contributed by atoms with Gasteiger partial charge in [0.25, 0.3) is 0 Å². The van der Waals surface area contributed by atoms with E-state index in [4.69, 9.17) is 4.84 Å². The first-order valence-electron chi connectivity index (χ1n) is 4.90. The number of carbonyl (C=O) groups is 2. The van der Waals surface area contributed by atoms with Crippen LogP contribution in [-0.2, 0) is 21.0 Å². The average molecular weight is 221 g/mol. The van der Waals surface area contributed by atoms with Gasteiger partial charge >= 0.3 is 12.1 Å². The fourth-order valence-corrected chi connectivity index (χ4v) is 1.35. The van der Waals surface area contributed by atoms with Gasteiger partial charge in [-0.3, -0.25) is 4.84 Å². The predicted octanol–water partition coefficient (Wildman–Crippen LogP) is 1.49. The van der Waals surface area contributed by atoms with Gasteiger partial charge in [0, 0.05) is 0 Å². The van der Waals surface area contributed by atoms with Crippen LogP contribution >= 0.6 is 0 Å². The quantitative estimate of drug-likeness (QED) is 0.573. The molecule has 1 aliphatic heterocycles. The van der Waals surface area contributed by atoms with Crippen molar-refractivity contribution in [2.75, 3.05) is 0 Å². The second-order valence-electron chi connectivity index (χ2n) is 3.45. The number of carbonyl (C=O) groups excluding carboxylic acids is 2. The number of hydrogen-bond acceptors (Lipinski definition) is 4. The van der Waals surface area contributed by atoms with Crippen molar-refractivity contribution in [3.63, 3.8) is 0 Å². The molecule has 1 aromatic carbocycles. The van der Waals surface area contributed by atoms with E-state index in [2.05, 4.69) is 4.74 Å². The molecule has 1 saturated heterocycles. The lowest BCUT2D eigenvalue weighted by Crippen LogP contribution is -2.32. The Morgan fingerprint density at radius 3 is 2.56 bits per heavy atom. The van der Waals surface area contributed by atoms with Crippen LogP contribution in [0.4, 0.5) is 4.79 Å². The van der Waals surface area contributed by atoms with Gasteiger partial charge in [-0.1, -0.05) is 30.3 Å². The molecule has 1 atom stereocenters. The lowest BCUT2D eigenvalue weighted by atomic mass is 10.2. The number of hydrogen-bond donors (Lipinski definition) is 0. The van der Waals surface area contributed by atoms with Crippen molar-refractivity contribution in [2.45, 2.75) is 19.6 Å². The Labute approximate surface area is 92.5 Å². The molecule has 16 heavy (non-hydrogen) atoms. The highest BCUT2D eigenvalue weighted by atomic mass is 16.8. The van der Waals surface area contributed by atoms with Crippen LogP contribution in [0, 0.1) is 0 Å². The molecule has 1 aromatic rings.